The second-order valence-corrected chi connectivity index (χ2v) is 5.77. The van der Waals surface area contributed by atoms with Gasteiger partial charge >= 0.3 is 6.03 Å². The van der Waals surface area contributed by atoms with E-state index in [9.17, 15) is 9.90 Å². The van der Waals surface area contributed by atoms with E-state index in [2.05, 4.69) is 22.6 Å². The van der Waals surface area contributed by atoms with Gasteiger partial charge in [0.15, 0.2) is 5.56 Å². The highest BCUT2D eigenvalue weighted by Crippen LogP contribution is 2.30. The topological polar surface area (TPSA) is 43.8 Å². The van der Waals surface area contributed by atoms with Gasteiger partial charge in [0, 0.05) is 22.9 Å². The molecule has 2 rings (SSSR count). The van der Waals surface area contributed by atoms with E-state index in [0.717, 1.165) is 9.99 Å². The van der Waals surface area contributed by atoms with Crippen molar-refractivity contribution in [1.29, 1.82) is 0 Å². The van der Waals surface area contributed by atoms with Gasteiger partial charge < -0.3 is 5.11 Å². The summed E-state index contributed by atoms with van der Waals surface area (Å²) in [5.41, 5.74) is 0.252. The van der Waals surface area contributed by atoms with E-state index in [1.807, 2.05) is 30.3 Å². The van der Waals surface area contributed by atoms with Gasteiger partial charge in [-0.15, -0.1) is 0 Å². The Morgan fingerprint density at radius 3 is 2.71 bits per heavy atom. The van der Waals surface area contributed by atoms with E-state index in [0.29, 0.717) is 13.1 Å². The monoisotopic (exact) mass is 364 g/mol. The van der Waals surface area contributed by atoms with Crippen LogP contribution in [-0.4, -0.2) is 36.9 Å². The Balaban J connectivity index is 2.04. The fraction of sp³-hybridized carbons (Fsp3) is 0.364. The summed E-state index contributed by atoms with van der Waals surface area (Å²) in [5, 5.41) is 9.84. The quantitative estimate of drug-likeness (QED) is 0.507. The first-order chi connectivity index (χ1) is 8.22. The number of hydrogen-bond donors (Lipinski definition) is 1. The van der Waals surface area contributed by atoms with Gasteiger partial charge in [0.2, 0.25) is 0 Å². The maximum atomic E-state index is 12.0. The minimum atomic E-state index is -0.773. The minimum absolute atomic E-state index is 0.108. The molecule has 2 amide bonds. The molecule has 6 heteroatoms. The lowest BCUT2D eigenvalue weighted by atomic mass is 10.2. The number of alkyl halides is 1. The number of carbonyl (C=O) groups is 1. The molecule has 1 unspecified atom stereocenters. The highest BCUT2D eigenvalue weighted by atomic mass is 127. The molecular weight excluding hydrogens is 351 g/mol. The molecule has 1 aliphatic heterocycles. The molecular formula is C11H13IN2O2S. The standard InChI is InChI=1S/C11H13IN2O2S/c12-6-7-14-10(15)13(11(16)17-14)8-9-4-2-1-3-5-9/h1-5,11,16H,6-8H2. The second kappa shape index (κ2) is 5.92. The van der Waals surface area contributed by atoms with E-state index in [4.69, 9.17) is 0 Å². The molecule has 1 aliphatic rings. The molecule has 0 spiro atoms. The molecule has 1 aromatic rings. The number of carbonyl (C=O) groups excluding carboxylic acids is 1. The molecule has 0 radical (unpaired) electrons. The minimum Gasteiger partial charge on any atom is -0.363 e. The highest BCUT2D eigenvalue weighted by Gasteiger charge is 2.36. The maximum absolute atomic E-state index is 12.0. The Kier molecular flexibility index (Phi) is 4.52. The van der Waals surface area contributed by atoms with Crippen molar-refractivity contribution in [3.8, 4) is 0 Å². The number of urea groups is 1. The molecule has 1 N–H and O–H groups in total. The van der Waals surface area contributed by atoms with Crippen LogP contribution in [0.2, 0.25) is 0 Å². The van der Waals surface area contributed by atoms with E-state index < -0.39 is 5.56 Å². The van der Waals surface area contributed by atoms with Gasteiger partial charge in [-0.2, -0.15) is 0 Å². The Labute approximate surface area is 118 Å². The molecule has 0 bridgehead atoms. The van der Waals surface area contributed by atoms with Gasteiger partial charge in [-0.05, 0) is 5.56 Å². The summed E-state index contributed by atoms with van der Waals surface area (Å²) < 4.78 is 2.47. The zero-order valence-corrected chi connectivity index (χ0v) is 12.1. The summed E-state index contributed by atoms with van der Waals surface area (Å²) in [6.45, 7) is 1.11. The zero-order chi connectivity index (χ0) is 12.3. The highest BCUT2D eigenvalue weighted by molar-refractivity contribution is 14.1. The van der Waals surface area contributed by atoms with Crippen molar-refractivity contribution in [3.63, 3.8) is 0 Å². The van der Waals surface area contributed by atoms with Crippen molar-refractivity contribution in [2.24, 2.45) is 0 Å². The summed E-state index contributed by atoms with van der Waals surface area (Å²) in [6, 6.07) is 9.58. The van der Waals surface area contributed by atoms with Crippen molar-refractivity contribution >= 4 is 40.6 Å². The average Bonchev–Trinajstić information content (AvgIpc) is 2.59. The lowest BCUT2D eigenvalue weighted by Crippen LogP contribution is -2.34. The number of halogens is 1. The number of rotatable bonds is 4. The fourth-order valence-electron chi connectivity index (χ4n) is 1.60. The van der Waals surface area contributed by atoms with Crippen LogP contribution >= 0.6 is 34.5 Å². The third-order valence-electron chi connectivity index (χ3n) is 2.43. The van der Waals surface area contributed by atoms with Crippen LogP contribution in [0, 0.1) is 0 Å². The smallest absolute Gasteiger partial charge is 0.333 e. The van der Waals surface area contributed by atoms with Gasteiger partial charge in [-0.1, -0.05) is 52.9 Å². The van der Waals surface area contributed by atoms with Gasteiger partial charge in [0.05, 0.1) is 6.54 Å². The molecule has 0 aliphatic carbocycles. The normalized spacial score (nSPS) is 20.1. The Morgan fingerprint density at radius 1 is 1.35 bits per heavy atom. The molecule has 1 saturated heterocycles. The van der Waals surface area contributed by atoms with Crippen LogP contribution < -0.4 is 0 Å². The summed E-state index contributed by atoms with van der Waals surface area (Å²) in [7, 11) is 0. The molecule has 92 valence electrons. The number of amides is 2. The number of hydrogen-bond acceptors (Lipinski definition) is 3. The predicted molar refractivity (Wildman–Crippen MR) is 76.6 cm³/mol. The van der Waals surface area contributed by atoms with E-state index in [1.54, 1.807) is 4.31 Å². The summed E-state index contributed by atoms with van der Waals surface area (Å²) in [6.07, 6.45) is 0. The Morgan fingerprint density at radius 2 is 2.06 bits per heavy atom. The van der Waals surface area contributed by atoms with E-state index >= 15 is 0 Å². The maximum Gasteiger partial charge on any atom is 0.333 e. The zero-order valence-electron chi connectivity index (χ0n) is 9.12. The van der Waals surface area contributed by atoms with Crippen LogP contribution in [0.5, 0.6) is 0 Å². The van der Waals surface area contributed by atoms with Crippen LogP contribution in [0.4, 0.5) is 4.79 Å². The molecule has 1 fully saturated rings. The largest absolute Gasteiger partial charge is 0.363 e. The Hall–Kier alpha value is -0.470. The third-order valence-corrected chi connectivity index (χ3v) is 3.95. The van der Waals surface area contributed by atoms with Crippen LogP contribution in [-0.2, 0) is 6.54 Å². The average molecular weight is 364 g/mol. The number of nitrogens with zero attached hydrogens (tertiary/aromatic N) is 2. The molecule has 4 nitrogen and oxygen atoms in total. The number of aliphatic hydroxyl groups is 1. The first-order valence-electron chi connectivity index (χ1n) is 5.25. The van der Waals surface area contributed by atoms with Crippen molar-refractivity contribution in [3.05, 3.63) is 35.9 Å². The van der Waals surface area contributed by atoms with Crippen molar-refractivity contribution in [2.75, 3.05) is 11.0 Å². The molecule has 0 aromatic heterocycles. The lowest BCUT2D eigenvalue weighted by Gasteiger charge is -2.18. The number of benzene rings is 1. The van der Waals surface area contributed by atoms with Gasteiger partial charge in [0.1, 0.15) is 0 Å². The van der Waals surface area contributed by atoms with Gasteiger partial charge in [-0.3, -0.25) is 9.21 Å². The van der Waals surface area contributed by atoms with Crippen LogP contribution in [0.25, 0.3) is 0 Å². The second-order valence-electron chi connectivity index (χ2n) is 3.62. The first kappa shape index (κ1) is 13.0. The fourth-order valence-corrected chi connectivity index (χ4v) is 3.31. The van der Waals surface area contributed by atoms with Gasteiger partial charge in [0.25, 0.3) is 0 Å². The van der Waals surface area contributed by atoms with Crippen LogP contribution in [0.15, 0.2) is 30.3 Å². The molecule has 17 heavy (non-hydrogen) atoms. The van der Waals surface area contributed by atoms with E-state index in [-0.39, 0.29) is 6.03 Å². The lowest BCUT2D eigenvalue weighted by molar-refractivity contribution is 0.100. The summed E-state index contributed by atoms with van der Waals surface area (Å²) in [4.78, 5) is 13.5. The molecule has 0 saturated carbocycles. The van der Waals surface area contributed by atoms with Crippen LogP contribution in [0.3, 0.4) is 0 Å². The molecule has 1 atom stereocenters. The third kappa shape index (κ3) is 3.05. The van der Waals surface area contributed by atoms with E-state index in [1.165, 1.54) is 16.8 Å². The summed E-state index contributed by atoms with van der Waals surface area (Å²) in [5.74, 6) is 0. The molecule has 1 heterocycles. The van der Waals surface area contributed by atoms with Crippen LogP contribution in [0.1, 0.15) is 5.56 Å². The van der Waals surface area contributed by atoms with Gasteiger partial charge in [-0.25, -0.2) is 4.79 Å². The van der Waals surface area contributed by atoms with Crippen molar-refractivity contribution in [2.45, 2.75) is 12.1 Å². The first-order valence-corrected chi connectivity index (χ1v) is 7.61. The number of aliphatic hydroxyl groups excluding tert-OH is 1. The predicted octanol–water partition coefficient (Wildman–Crippen LogP) is 2.28. The molecule has 1 aromatic carbocycles. The van der Waals surface area contributed by atoms with Crippen molar-refractivity contribution in [1.82, 2.24) is 9.21 Å². The Bertz CT molecular complexity index is 390. The summed E-state index contributed by atoms with van der Waals surface area (Å²) >= 11 is 3.40. The van der Waals surface area contributed by atoms with Crippen molar-refractivity contribution < 1.29 is 9.90 Å². The SMILES string of the molecule is O=C1N(CCI)SC(O)N1Cc1ccccc1.